The summed E-state index contributed by atoms with van der Waals surface area (Å²) in [7, 11) is 8.74. The van der Waals surface area contributed by atoms with Crippen LogP contribution in [-0.4, -0.2) is 72.0 Å². The molecule has 0 saturated heterocycles. The Morgan fingerprint density at radius 1 is 0.689 bits per heavy atom. The van der Waals surface area contributed by atoms with E-state index in [0.29, 0.717) is 6.04 Å². The molecule has 4 heterocycles. The molecule has 45 heavy (non-hydrogen) atoms. The first-order chi connectivity index (χ1) is 20.8. The Morgan fingerprint density at radius 3 is 1.82 bits per heavy atom. The summed E-state index contributed by atoms with van der Waals surface area (Å²) in [4.78, 5) is 19.7. The molecule has 1 aromatic carbocycles. The summed E-state index contributed by atoms with van der Waals surface area (Å²) in [5.41, 5.74) is 7.92. The molecule has 0 saturated carbocycles. The van der Waals surface area contributed by atoms with Crippen molar-refractivity contribution in [2.24, 2.45) is 0 Å². The van der Waals surface area contributed by atoms with E-state index < -0.39 is 0 Å². The van der Waals surface area contributed by atoms with Crippen molar-refractivity contribution in [1.82, 2.24) is 24.7 Å². The average Bonchev–Trinajstić information content (AvgIpc) is 3.57. The molecule has 0 amide bonds. The van der Waals surface area contributed by atoms with Gasteiger partial charge in [0.2, 0.25) is 0 Å². The summed E-state index contributed by atoms with van der Waals surface area (Å²) in [6.07, 6.45) is 5.93. The van der Waals surface area contributed by atoms with Gasteiger partial charge in [0, 0.05) is 59.2 Å². The molecule has 1 atom stereocenters. The number of hydrogen-bond donors (Lipinski definition) is 0. The maximum atomic E-state index is 4.82. The molecular formula is C38H61N5S2. The van der Waals surface area contributed by atoms with Gasteiger partial charge in [-0.15, -0.1) is 22.7 Å². The van der Waals surface area contributed by atoms with E-state index in [0.717, 1.165) is 32.5 Å². The van der Waals surface area contributed by atoms with Gasteiger partial charge in [0.15, 0.2) is 0 Å². The fraction of sp³-hybridized carbons (Fsp3) is 0.684. The number of benzene rings is 1. The Morgan fingerprint density at radius 2 is 1.24 bits per heavy atom. The van der Waals surface area contributed by atoms with Crippen molar-refractivity contribution in [3.63, 3.8) is 0 Å². The standard InChI is InChI=1S/C14H21N.C13H22N2S.C11H18N2S/c1-14(2,3)13-6-5-11-7-8-15(4)10-12(11)9-13;1-13(2,3)12-14-10-7-6-9(15(4)5)8-11(10)16-12;1-11(2,3)10-12-8-5-6-13(4)7-9(8)14-10/h5-6,9H,7-8,10H2,1-4H3;9H,6-8H2,1-5H3;5-7H2,1-4H3. The zero-order chi connectivity index (χ0) is 33.3. The molecule has 5 nitrogen and oxygen atoms in total. The van der Waals surface area contributed by atoms with E-state index in [4.69, 9.17) is 9.97 Å². The van der Waals surface area contributed by atoms with Gasteiger partial charge >= 0.3 is 0 Å². The predicted octanol–water partition coefficient (Wildman–Crippen LogP) is 8.26. The highest BCUT2D eigenvalue weighted by atomic mass is 32.1. The second-order valence-electron chi connectivity index (χ2n) is 16.8. The van der Waals surface area contributed by atoms with Crippen LogP contribution in [0.4, 0.5) is 0 Å². The maximum Gasteiger partial charge on any atom is 0.0985 e. The molecule has 0 bridgehead atoms. The molecule has 0 N–H and O–H groups in total. The molecule has 0 radical (unpaired) electrons. The summed E-state index contributed by atoms with van der Waals surface area (Å²) in [5.74, 6) is 0. The van der Waals surface area contributed by atoms with Gasteiger partial charge in [-0.1, -0.05) is 80.5 Å². The topological polar surface area (TPSA) is 35.5 Å². The summed E-state index contributed by atoms with van der Waals surface area (Å²) in [5, 5.41) is 2.59. The van der Waals surface area contributed by atoms with Crippen LogP contribution in [0.25, 0.3) is 0 Å². The highest BCUT2D eigenvalue weighted by Crippen LogP contribution is 2.34. The van der Waals surface area contributed by atoms with Crippen molar-refractivity contribution in [3.05, 3.63) is 66.0 Å². The largest absolute Gasteiger partial charge is 0.306 e. The molecule has 6 rings (SSSR count). The Labute approximate surface area is 283 Å². The van der Waals surface area contributed by atoms with Crippen molar-refractivity contribution in [2.75, 3.05) is 41.3 Å². The minimum atomic E-state index is 0.204. The number of rotatable bonds is 1. The Balaban J connectivity index is 0.000000154. The number of fused-ring (bicyclic) bond motifs is 3. The van der Waals surface area contributed by atoms with E-state index in [2.05, 4.69) is 123 Å². The van der Waals surface area contributed by atoms with Gasteiger partial charge in [0.25, 0.3) is 0 Å². The van der Waals surface area contributed by atoms with Gasteiger partial charge in [-0.25, -0.2) is 9.97 Å². The lowest BCUT2D eigenvalue weighted by atomic mass is 9.84. The van der Waals surface area contributed by atoms with Crippen LogP contribution in [0, 0.1) is 0 Å². The second-order valence-corrected chi connectivity index (χ2v) is 19.0. The molecule has 3 aliphatic rings. The molecule has 0 fully saturated rings. The van der Waals surface area contributed by atoms with Gasteiger partial charge in [-0.3, -0.25) is 0 Å². The molecule has 3 aromatic rings. The monoisotopic (exact) mass is 651 g/mol. The van der Waals surface area contributed by atoms with Crippen LogP contribution in [0.5, 0.6) is 0 Å². The van der Waals surface area contributed by atoms with E-state index in [9.17, 15) is 0 Å². The third kappa shape index (κ3) is 9.70. The highest BCUT2D eigenvalue weighted by molar-refractivity contribution is 7.12. The Bertz CT molecular complexity index is 1410. The SMILES string of the molecule is CN(C)C1CCc2nc(C(C)(C)C)sc2C1.CN1CCc2ccc(C(C)(C)C)cc2C1.CN1CCc2nc(C(C)(C)C)sc2C1. The summed E-state index contributed by atoms with van der Waals surface area (Å²) in [6.45, 7) is 24.8. The number of aryl methyl sites for hydroxylation is 1. The van der Waals surface area contributed by atoms with Crippen LogP contribution in [-0.2, 0) is 55.0 Å². The van der Waals surface area contributed by atoms with Crippen molar-refractivity contribution in [2.45, 2.75) is 130 Å². The number of nitrogens with zero attached hydrogens (tertiary/aromatic N) is 5. The Kier molecular flexibility index (Phi) is 11.4. The third-order valence-corrected chi connectivity index (χ3v) is 12.2. The number of thiazole rings is 2. The van der Waals surface area contributed by atoms with Gasteiger partial charge in [0.1, 0.15) is 0 Å². The van der Waals surface area contributed by atoms with Crippen LogP contribution in [0.1, 0.15) is 117 Å². The number of likely N-dealkylation sites (N-methyl/N-ethyl adjacent to an activating group) is 3. The van der Waals surface area contributed by atoms with Gasteiger partial charge in [-0.05, 0) is 76.0 Å². The van der Waals surface area contributed by atoms with Crippen molar-refractivity contribution < 1.29 is 0 Å². The zero-order valence-corrected chi connectivity index (χ0v) is 32.4. The lowest BCUT2D eigenvalue weighted by Crippen LogP contribution is -2.32. The van der Waals surface area contributed by atoms with Crippen LogP contribution in [0.15, 0.2) is 18.2 Å². The maximum absolute atomic E-state index is 4.82. The molecule has 2 aliphatic heterocycles. The molecule has 1 aliphatic carbocycles. The average molecular weight is 652 g/mol. The fourth-order valence-electron chi connectivity index (χ4n) is 5.93. The quantitative estimate of drug-likeness (QED) is 0.265. The first-order valence-corrected chi connectivity index (χ1v) is 18.6. The third-order valence-electron chi connectivity index (χ3n) is 9.12. The fourth-order valence-corrected chi connectivity index (χ4v) is 8.41. The van der Waals surface area contributed by atoms with E-state index in [1.165, 1.54) is 68.1 Å². The normalized spacial score (nSPS) is 19.1. The molecule has 2 aromatic heterocycles. The zero-order valence-electron chi connectivity index (χ0n) is 30.7. The Hall–Kier alpha value is -1.64. The predicted molar refractivity (Wildman–Crippen MR) is 196 cm³/mol. The van der Waals surface area contributed by atoms with Gasteiger partial charge < -0.3 is 14.7 Å². The van der Waals surface area contributed by atoms with E-state index in [1.54, 1.807) is 5.56 Å². The summed E-state index contributed by atoms with van der Waals surface area (Å²) < 4.78 is 0. The smallest absolute Gasteiger partial charge is 0.0985 e. The summed E-state index contributed by atoms with van der Waals surface area (Å²) >= 11 is 3.82. The van der Waals surface area contributed by atoms with Gasteiger partial charge in [0.05, 0.1) is 21.4 Å². The van der Waals surface area contributed by atoms with E-state index in [1.807, 2.05) is 22.7 Å². The molecule has 7 heteroatoms. The van der Waals surface area contributed by atoms with E-state index in [-0.39, 0.29) is 16.2 Å². The minimum absolute atomic E-state index is 0.204. The van der Waals surface area contributed by atoms with Crippen LogP contribution in [0.3, 0.4) is 0 Å². The van der Waals surface area contributed by atoms with E-state index >= 15 is 0 Å². The van der Waals surface area contributed by atoms with Crippen LogP contribution < -0.4 is 0 Å². The highest BCUT2D eigenvalue weighted by Gasteiger charge is 2.27. The lowest BCUT2D eigenvalue weighted by Gasteiger charge is -2.27. The number of hydrogen-bond acceptors (Lipinski definition) is 7. The summed E-state index contributed by atoms with van der Waals surface area (Å²) in [6, 6.07) is 7.72. The lowest BCUT2D eigenvalue weighted by molar-refractivity contribution is 0.269. The van der Waals surface area contributed by atoms with Crippen molar-refractivity contribution in [3.8, 4) is 0 Å². The second kappa shape index (κ2) is 14.2. The molecule has 0 spiro atoms. The van der Waals surface area contributed by atoms with Crippen LogP contribution in [0.2, 0.25) is 0 Å². The first kappa shape index (κ1) is 36.2. The van der Waals surface area contributed by atoms with Crippen molar-refractivity contribution in [1.29, 1.82) is 0 Å². The molecular weight excluding hydrogens is 591 g/mol. The molecule has 250 valence electrons. The minimum Gasteiger partial charge on any atom is -0.306 e. The van der Waals surface area contributed by atoms with Crippen molar-refractivity contribution >= 4 is 22.7 Å². The van der Waals surface area contributed by atoms with Gasteiger partial charge in [-0.2, -0.15) is 0 Å². The first-order valence-electron chi connectivity index (χ1n) is 16.9. The molecule has 1 unspecified atom stereocenters. The number of aromatic nitrogens is 2. The van der Waals surface area contributed by atoms with Crippen LogP contribution >= 0.6 is 22.7 Å².